The Hall–Kier alpha value is -1.97. The molecule has 0 saturated carbocycles. The van der Waals surface area contributed by atoms with Crippen molar-refractivity contribution in [3.05, 3.63) is 12.2 Å². The molecule has 0 aliphatic rings. The maximum atomic E-state index is 12.8. The summed E-state index contributed by atoms with van der Waals surface area (Å²) in [6.45, 7) is 4.88. The monoisotopic (exact) mass is 853 g/mol. The summed E-state index contributed by atoms with van der Waals surface area (Å²) in [5, 5.41) is 9.65. The van der Waals surface area contributed by atoms with E-state index in [2.05, 4.69) is 26.0 Å². The minimum absolute atomic E-state index is 0.179. The summed E-state index contributed by atoms with van der Waals surface area (Å²) in [7, 11) is 5.96. The highest BCUT2D eigenvalue weighted by atomic mass is 16.7. The smallest absolute Gasteiger partial charge is 0.361 e. The molecule has 0 aromatic heterocycles. The molecule has 2 unspecified atom stereocenters. The predicted octanol–water partition coefficient (Wildman–Crippen LogP) is 13.8. The van der Waals surface area contributed by atoms with Crippen molar-refractivity contribution in [2.45, 2.75) is 251 Å². The van der Waals surface area contributed by atoms with Gasteiger partial charge in [0.2, 0.25) is 0 Å². The standard InChI is InChI=1S/C51H97NO8/c1-6-8-10-12-14-16-18-20-21-22-23-24-25-26-27-28-30-31-33-35-37-39-41-48(53)58-45-47(46-59-51(50(55)56)57-44-43-52(3,4)5)60-49(54)42-40-38-36-34-32-29-19-17-15-13-11-9-7-2/h17,19,47,51H,6-16,18,20-46H2,1-5H3/p+1/b19-17-. The summed E-state index contributed by atoms with van der Waals surface area (Å²) in [6.07, 6.45) is 44.2. The second-order valence-electron chi connectivity index (χ2n) is 18.5. The van der Waals surface area contributed by atoms with Crippen LogP contribution in [0.5, 0.6) is 0 Å². The Balaban J connectivity index is 4.25. The molecular formula is C51H98NO8+. The summed E-state index contributed by atoms with van der Waals surface area (Å²) >= 11 is 0. The summed E-state index contributed by atoms with van der Waals surface area (Å²) in [6, 6.07) is 0. The molecule has 0 spiro atoms. The summed E-state index contributed by atoms with van der Waals surface area (Å²) < 4.78 is 22.8. The molecular weight excluding hydrogens is 755 g/mol. The van der Waals surface area contributed by atoms with E-state index in [1.54, 1.807) is 0 Å². The van der Waals surface area contributed by atoms with E-state index in [-0.39, 0.29) is 32.2 Å². The first-order valence-electron chi connectivity index (χ1n) is 25.4. The van der Waals surface area contributed by atoms with Gasteiger partial charge in [-0.3, -0.25) is 9.59 Å². The number of carbonyl (C=O) groups is 3. The van der Waals surface area contributed by atoms with Gasteiger partial charge in [-0.15, -0.1) is 0 Å². The Morgan fingerprint density at radius 3 is 1.25 bits per heavy atom. The largest absolute Gasteiger partial charge is 0.477 e. The molecule has 0 rings (SSSR count). The van der Waals surface area contributed by atoms with Gasteiger partial charge in [0.05, 0.1) is 34.4 Å². The van der Waals surface area contributed by atoms with Crippen molar-refractivity contribution >= 4 is 17.9 Å². The topological polar surface area (TPSA) is 108 Å². The highest BCUT2D eigenvalue weighted by Gasteiger charge is 2.25. The van der Waals surface area contributed by atoms with Crippen molar-refractivity contribution in [3.63, 3.8) is 0 Å². The fourth-order valence-corrected chi connectivity index (χ4v) is 7.30. The zero-order chi connectivity index (χ0) is 44.2. The van der Waals surface area contributed by atoms with Crippen molar-refractivity contribution < 1.29 is 42.9 Å². The van der Waals surface area contributed by atoms with Crippen LogP contribution in [0.1, 0.15) is 239 Å². The second-order valence-corrected chi connectivity index (χ2v) is 18.5. The number of carboxylic acids is 1. The highest BCUT2D eigenvalue weighted by molar-refractivity contribution is 5.71. The molecule has 0 amide bonds. The molecule has 0 aromatic rings. The van der Waals surface area contributed by atoms with Crippen molar-refractivity contribution in [3.8, 4) is 0 Å². The van der Waals surface area contributed by atoms with Crippen LogP contribution in [-0.2, 0) is 33.3 Å². The lowest BCUT2D eigenvalue weighted by Crippen LogP contribution is -2.40. The molecule has 354 valence electrons. The second kappa shape index (κ2) is 43.7. The van der Waals surface area contributed by atoms with Gasteiger partial charge >= 0.3 is 17.9 Å². The fraction of sp³-hybridized carbons (Fsp3) is 0.902. The fourth-order valence-electron chi connectivity index (χ4n) is 7.30. The van der Waals surface area contributed by atoms with E-state index in [0.717, 1.165) is 51.4 Å². The number of quaternary nitrogens is 1. The number of carbonyl (C=O) groups excluding carboxylic acids is 2. The lowest BCUT2D eigenvalue weighted by atomic mass is 10.0. The SMILES string of the molecule is CCCCCC/C=C\CCCCCCCC(=O)OC(COC(=O)CCCCCCCCCCCCCCCCCCCCCCCC)COC(OCC[N+](C)(C)C)C(=O)O. The Morgan fingerprint density at radius 1 is 0.483 bits per heavy atom. The lowest BCUT2D eigenvalue weighted by Gasteiger charge is -2.25. The number of esters is 2. The number of allylic oxidation sites excluding steroid dienone is 2. The van der Waals surface area contributed by atoms with Crippen molar-refractivity contribution in [2.75, 3.05) is 47.5 Å². The summed E-state index contributed by atoms with van der Waals surface area (Å²) in [5.41, 5.74) is 0. The molecule has 9 nitrogen and oxygen atoms in total. The zero-order valence-corrected chi connectivity index (χ0v) is 40.1. The van der Waals surface area contributed by atoms with E-state index >= 15 is 0 Å². The number of aliphatic carboxylic acids is 1. The number of unbranched alkanes of at least 4 members (excludes halogenated alkanes) is 30. The van der Waals surface area contributed by atoms with E-state index < -0.39 is 24.3 Å². The Bertz CT molecular complexity index is 996. The first-order chi connectivity index (χ1) is 29.1. The van der Waals surface area contributed by atoms with Crippen LogP contribution in [0.2, 0.25) is 0 Å². The molecule has 2 atom stereocenters. The molecule has 0 saturated heterocycles. The van der Waals surface area contributed by atoms with Gasteiger partial charge < -0.3 is 28.5 Å². The number of rotatable bonds is 47. The van der Waals surface area contributed by atoms with Gasteiger partial charge in [-0.25, -0.2) is 4.79 Å². The predicted molar refractivity (Wildman–Crippen MR) is 249 cm³/mol. The molecule has 9 heteroatoms. The van der Waals surface area contributed by atoms with Gasteiger partial charge in [0.25, 0.3) is 6.29 Å². The van der Waals surface area contributed by atoms with E-state index in [1.807, 2.05) is 21.1 Å². The molecule has 60 heavy (non-hydrogen) atoms. The van der Waals surface area contributed by atoms with E-state index in [9.17, 15) is 19.5 Å². The number of carboxylic acid groups (broad SMARTS) is 1. The van der Waals surface area contributed by atoms with Crippen LogP contribution in [0.25, 0.3) is 0 Å². The average molecular weight is 853 g/mol. The first kappa shape index (κ1) is 58.0. The van der Waals surface area contributed by atoms with Gasteiger partial charge in [-0.05, 0) is 38.5 Å². The van der Waals surface area contributed by atoms with Crippen LogP contribution in [-0.4, -0.2) is 87.4 Å². The maximum Gasteiger partial charge on any atom is 0.361 e. The number of ether oxygens (including phenoxy) is 4. The summed E-state index contributed by atoms with van der Waals surface area (Å²) in [5.74, 6) is -2.00. The third kappa shape index (κ3) is 44.1. The number of hydrogen-bond acceptors (Lipinski definition) is 7. The third-order valence-corrected chi connectivity index (χ3v) is 11.3. The van der Waals surface area contributed by atoms with E-state index in [4.69, 9.17) is 18.9 Å². The van der Waals surface area contributed by atoms with Gasteiger partial charge in [0.15, 0.2) is 6.10 Å². The Labute approximate surface area is 370 Å². The van der Waals surface area contributed by atoms with Crippen molar-refractivity contribution in [1.82, 2.24) is 0 Å². The lowest BCUT2D eigenvalue weighted by molar-refractivity contribution is -0.870. The van der Waals surface area contributed by atoms with Gasteiger partial charge in [-0.1, -0.05) is 199 Å². The molecule has 0 radical (unpaired) electrons. The average Bonchev–Trinajstić information content (AvgIpc) is 3.21. The van der Waals surface area contributed by atoms with Crippen LogP contribution < -0.4 is 0 Å². The Kier molecular flexibility index (Phi) is 42.2. The molecule has 1 N–H and O–H groups in total. The molecule has 0 aliphatic heterocycles. The Morgan fingerprint density at radius 2 is 0.850 bits per heavy atom. The number of nitrogens with zero attached hydrogens (tertiary/aromatic N) is 1. The minimum atomic E-state index is -1.51. The van der Waals surface area contributed by atoms with Crippen LogP contribution in [0.4, 0.5) is 0 Å². The minimum Gasteiger partial charge on any atom is -0.477 e. The van der Waals surface area contributed by atoms with Crippen LogP contribution >= 0.6 is 0 Å². The number of likely N-dealkylation sites (N-methyl/N-ethyl adjacent to an activating group) is 1. The number of hydrogen-bond donors (Lipinski definition) is 1. The molecule has 0 heterocycles. The normalized spacial score (nSPS) is 12.9. The third-order valence-electron chi connectivity index (χ3n) is 11.3. The van der Waals surface area contributed by atoms with Crippen molar-refractivity contribution in [1.29, 1.82) is 0 Å². The van der Waals surface area contributed by atoms with Gasteiger partial charge in [0.1, 0.15) is 13.2 Å². The van der Waals surface area contributed by atoms with Crippen LogP contribution in [0.15, 0.2) is 12.2 Å². The molecule has 0 aromatic carbocycles. The molecule has 0 bridgehead atoms. The zero-order valence-electron chi connectivity index (χ0n) is 40.1. The molecule has 0 fully saturated rings. The highest BCUT2D eigenvalue weighted by Crippen LogP contribution is 2.16. The van der Waals surface area contributed by atoms with Crippen LogP contribution in [0.3, 0.4) is 0 Å². The quantitative estimate of drug-likeness (QED) is 0.0212. The van der Waals surface area contributed by atoms with E-state index in [0.29, 0.717) is 23.9 Å². The first-order valence-corrected chi connectivity index (χ1v) is 25.4. The molecule has 0 aliphatic carbocycles. The van der Waals surface area contributed by atoms with Gasteiger partial charge in [0, 0.05) is 12.8 Å². The van der Waals surface area contributed by atoms with E-state index in [1.165, 1.54) is 154 Å². The van der Waals surface area contributed by atoms with Gasteiger partial charge in [-0.2, -0.15) is 0 Å². The summed E-state index contributed by atoms with van der Waals surface area (Å²) in [4.78, 5) is 37.2. The van der Waals surface area contributed by atoms with Crippen molar-refractivity contribution in [2.24, 2.45) is 0 Å². The maximum absolute atomic E-state index is 12.8. The van der Waals surface area contributed by atoms with Crippen LogP contribution in [0, 0.1) is 0 Å².